The third kappa shape index (κ3) is 2.78. The van der Waals surface area contributed by atoms with Crippen LogP contribution >= 0.6 is 11.6 Å². The standard InChI is InChI=1S/C14H22ClN3O/c1-4-14(6-5-7-14)9-16-11-8-17-18(10(2)3)13(19)12(11)15/h8,10,16H,4-7,9H2,1-3H3. The molecule has 0 atom stereocenters. The van der Waals surface area contributed by atoms with E-state index in [0.717, 1.165) is 13.0 Å². The van der Waals surface area contributed by atoms with Crippen molar-refractivity contribution < 1.29 is 0 Å². The molecule has 5 heteroatoms. The fourth-order valence-corrected chi connectivity index (χ4v) is 2.75. The maximum Gasteiger partial charge on any atom is 0.287 e. The third-order valence-electron chi connectivity index (χ3n) is 4.25. The third-order valence-corrected chi connectivity index (χ3v) is 4.62. The minimum Gasteiger partial charge on any atom is -0.382 e. The van der Waals surface area contributed by atoms with Crippen LogP contribution in [0.15, 0.2) is 11.0 Å². The van der Waals surface area contributed by atoms with Gasteiger partial charge >= 0.3 is 0 Å². The number of anilines is 1. The molecule has 2 rings (SSSR count). The highest BCUT2D eigenvalue weighted by Gasteiger charge is 2.34. The van der Waals surface area contributed by atoms with E-state index in [1.54, 1.807) is 6.20 Å². The Morgan fingerprint density at radius 2 is 2.21 bits per heavy atom. The lowest BCUT2D eigenvalue weighted by Gasteiger charge is -2.41. The summed E-state index contributed by atoms with van der Waals surface area (Å²) < 4.78 is 1.41. The van der Waals surface area contributed by atoms with Crippen molar-refractivity contribution in [3.8, 4) is 0 Å². The predicted octanol–water partition coefficient (Wildman–Crippen LogP) is 3.47. The molecule has 0 radical (unpaired) electrons. The van der Waals surface area contributed by atoms with Crippen molar-refractivity contribution in [3.05, 3.63) is 21.6 Å². The fourth-order valence-electron chi connectivity index (χ4n) is 2.55. The Morgan fingerprint density at radius 3 is 2.68 bits per heavy atom. The average Bonchev–Trinajstić information content (AvgIpc) is 2.33. The molecule has 1 N–H and O–H groups in total. The van der Waals surface area contributed by atoms with Gasteiger partial charge in [-0.25, -0.2) is 4.68 Å². The van der Waals surface area contributed by atoms with Crippen LogP contribution in [0.5, 0.6) is 0 Å². The lowest BCUT2D eigenvalue weighted by atomic mass is 9.67. The SMILES string of the molecule is CCC1(CNc2cnn(C(C)C)c(=O)c2Cl)CCC1. The van der Waals surface area contributed by atoms with Crippen LogP contribution in [0.1, 0.15) is 52.5 Å². The summed E-state index contributed by atoms with van der Waals surface area (Å²) in [6.45, 7) is 6.92. The zero-order valence-electron chi connectivity index (χ0n) is 11.9. The topological polar surface area (TPSA) is 46.9 Å². The first-order chi connectivity index (χ1) is 8.99. The summed E-state index contributed by atoms with van der Waals surface area (Å²) in [7, 11) is 0. The normalized spacial score (nSPS) is 17.3. The summed E-state index contributed by atoms with van der Waals surface area (Å²) in [6.07, 6.45) is 6.63. The smallest absolute Gasteiger partial charge is 0.287 e. The number of nitrogens with one attached hydrogen (secondary N) is 1. The molecule has 1 saturated carbocycles. The van der Waals surface area contributed by atoms with Crippen LogP contribution in [0.25, 0.3) is 0 Å². The molecule has 106 valence electrons. The zero-order valence-corrected chi connectivity index (χ0v) is 12.6. The van der Waals surface area contributed by atoms with Crippen LogP contribution in [-0.4, -0.2) is 16.3 Å². The summed E-state index contributed by atoms with van der Waals surface area (Å²) in [5, 5.41) is 7.72. The Kier molecular flexibility index (Phi) is 4.19. The number of hydrogen-bond donors (Lipinski definition) is 1. The van der Waals surface area contributed by atoms with E-state index < -0.39 is 0 Å². The van der Waals surface area contributed by atoms with Gasteiger partial charge in [0, 0.05) is 6.54 Å². The van der Waals surface area contributed by atoms with E-state index >= 15 is 0 Å². The van der Waals surface area contributed by atoms with Crippen molar-refractivity contribution in [2.75, 3.05) is 11.9 Å². The largest absolute Gasteiger partial charge is 0.382 e. The van der Waals surface area contributed by atoms with Gasteiger partial charge in [-0.1, -0.05) is 24.9 Å². The van der Waals surface area contributed by atoms with Crippen LogP contribution < -0.4 is 10.9 Å². The molecule has 1 aromatic rings. The maximum atomic E-state index is 12.0. The molecule has 0 spiro atoms. The van der Waals surface area contributed by atoms with Crippen LogP contribution in [0.3, 0.4) is 0 Å². The molecule has 0 unspecified atom stereocenters. The molecule has 1 fully saturated rings. The number of halogens is 1. The van der Waals surface area contributed by atoms with Gasteiger partial charge in [-0.3, -0.25) is 4.79 Å². The van der Waals surface area contributed by atoms with E-state index in [4.69, 9.17) is 11.6 Å². The minimum absolute atomic E-state index is 0.0210. The zero-order chi connectivity index (χ0) is 14.0. The quantitative estimate of drug-likeness (QED) is 0.900. The van der Waals surface area contributed by atoms with E-state index in [2.05, 4.69) is 17.3 Å². The van der Waals surface area contributed by atoms with Crippen molar-refractivity contribution in [1.82, 2.24) is 9.78 Å². The molecular formula is C14H22ClN3O. The van der Waals surface area contributed by atoms with Gasteiger partial charge in [-0.15, -0.1) is 0 Å². The van der Waals surface area contributed by atoms with Crippen molar-refractivity contribution in [2.45, 2.75) is 52.5 Å². The second kappa shape index (κ2) is 5.53. The van der Waals surface area contributed by atoms with Crippen molar-refractivity contribution in [2.24, 2.45) is 5.41 Å². The van der Waals surface area contributed by atoms with Gasteiger partial charge in [0.1, 0.15) is 5.02 Å². The molecule has 1 heterocycles. The van der Waals surface area contributed by atoms with Gasteiger partial charge in [-0.05, 0) is 38.5 Å². The highest BCUT2D eigenvalue weighted by molar-refractivity contribution is 6.32. The summed E-state index contributed by atoms with van der Waals surface area (Å²) in [5.41, 5.74) is 0.820. The predicted molar refractivity (Wildman–Crippen MR) is 79.0 cm³/mol. The van der Waals surface area contributed by atoms with Gasteiger partial charge in [-0.2, -0.15) is 5.10 Å². The fraction of sp³-hybridized carbons (Fsp3) is 0.714. The number of rotatable bonds is 5. The molecular weight excluding hydrogens is 262 g/mol. The van der Waals surface area contributed by atoms with E-state index in [1.165, 1.54) is 23.9 Å². The average molecular weight is 284 g/mol. The molecule has 1 aliphatic carbocycles. The van der Waals surface area contributed by atoms with Crippen LogP contribution in [0, 0.1) is 5.41 Å². The molecule has 1 aromatic heterocycles. The second-order valence-electron chi connectivity index (χ2n) is 5.78. The molecule has 0 aromatic carbocycles. The summed E-state index contributed by atoms with van der Waals surface area (Å²) >= 11 is 6.14. The summed E-state index contributed by atoms with van der Waals surface area (Å²) in [4.78, 5) is 12.0. The highest BCUT2D eigenvalue weighted by Crippen LogP contribution is 2.43. The highest BCUT2D eigenvalue weighted by atomic mass is 35.5. The number of aromatic nitrogens is 2. The molecule has 4 nitrogen and oxygen atoms in total. The molecule has 0 saturated heterocycles. The van der Waals surface area contributed by atoms with E-state index in [0.29, 0.717) is 11.1 Å². The van der Waals surface area contributed by atoms with Crippen LogP contribution in [0.2, 0.25) is 5.02 Å². The van der Waals surface area contributed by atoms with Crippen molar-refractivity contribution in [3.63, 3.8) is 0 Å². The van der Waals surface area contributed by atoms with E-state index in [1.807, 2.05) is 13.8 Å². The Hall–Kier alpha value is -1.03. The summed E-state index contributed by atoms with van der Waals surface area (Å²) in [5.74, 6) is 0. The first-order valence-corrected chi connectivity index (χ1v) is 7.38. The second-order valence-corrected chi connectivity index (χ2v) is 6.15. The van der Waals surface area contributed by atoms with Gasteiger partial charge in [0.25, 0.3) is 5.56 Å². The molecule has 0 bridgehead atoms. The molecule has 1 aliphatic rings. The minimum atomic E-state index is -0.221. The summed E-state index contributed by atoms with van der Waals surface area (Å²) in [6, 6.07) is 0.0210. The maximum absolute atomic E-state index is 12.0. The van der Waals surface area contributed by atoms with E-state index in [9.17, 15) is 4.79 Å². The van der Waals surface area contributed by atoms with Gasteiger partial charge < -0.3 is 5.32 Å². The Bertz CT molecular complexity index is 500. The van der Waals surface area contributed by atoms with Gasteiger partial charge in [0.2, 0.25) is 0 Å². The van der Waals surface area contributed by atoms with Gasteiger partial charge in [0.15, 0.2) is 0 Å². The molecule has 19 heavy (non-hydrogen) atoms. The lowest BCUT2D eigenvalue weighted by Crippen LogP contribution is -2.36. The first kappa shape index (κ1) is 14.4. The Labute approximate surface area is 119 Å². The molecule has 0 amide bonds. The molecule has 0 aliphatic heterocycles. The first-order valence-electron chi connectivity index (χ1n) is 7.00. The lowest BCUT2D eigenvalue weighted by molar-refractivity contribution is 0.145. The monoisotopic (exact) mass is 283 g/mol. The Morgan fingerprint density at radius 1 is 1.53 bits per heavy atom. The van der Waals surface area contributed by atoms with Crippen LogP contribution in [-0.2, 0) is 0 Å². The van der Waals surface area contributed by atoms with Crippen LogP contribution in [0.4, 0.5) is 5.69 Å². The number of nitrogens with zero attached hydrogens (tertiary/aromatic N) is 2. The number of hydrogen-bond acceptors (Lipinski definition) is 3. The van der Waals surface area contributed by atoms with Crippen molar-refractivity contribution in [1.29, 1.82) is 0 Å². The van der Waals surface area contributed by atoms with Gasteiger partial charge in [0.05, 0.1) is 17.9 Å². The van der Waals surface area contributed by atoms with Crippen molar-refractivity contribution >= 4 is 17.3 Å². The van der Waals surface area contributed by atoms with E-state index in [-0.39, 0.29) is 16.6 Å². The Balaban J connectivity index is 2.13.